The van der Waals surface area contributed by atoms with E-state index in [4.69, 9.17) is 9.31 Å². The van der Waals surface area contributed by atoms with Crippen molar-refractivity contribution in [2.24, 2.45) is 0 Å². The maximum Gasteiger partial charge on any atom is 0.498 e. The molecule has 2 heterocycles. The number of H-pyrrole nitrogens is 1. The summed E-state index contributed by atoms with van der Waals surface area (Å²) in [6.45, 7) is 10.3. The number of rotatable bonds is 2. The van der Waals surface area contributed by atoms with Gasteiger partial charge in [-0.25, -0.2) is 0 Å². The van der Waals surface area contributed by atoms with Crippen LogP contribution in [-0.2, 0) is 9.31 Å². The van der Waals surface area contributed by atoms with Crippen molar-refractivity contribution in [1.82, 2.24) is 10.2 Å². The summed E-state index contributed by atoms with van der Waals surface area (Å²) < 4.78 is 12.0. The molecule has 0 amide bonds. The molecule has 1 unspecified atom stereocenters. The second-order valence-corrected chi connectivity index (χ2v) is 5.44. The average molecular weight is 234 g/mol. The monoisotopic (exact) mass is 234 g/mol. The van der Waals surface area contributed by atoms with Gasteiger partial charge in [-0.05, 0) is 34.6 Å². The van der Waals surface area contributed by atoms with E-state index in [1.54, 1.807) is 12.4 Å². The second kappa shape index (κ2) is 4.00. The molecular formula is C12H19BN2O2. The fraction of sp³-hybridized carbons (Fsp3) is 0.583. The molecule has 0 aliphatic carbocycles. The highest BCUT2D eigenvalue weighted by Gasteiger charge is 2.53. The predicted octanol–water partition coefficient (Wildman–Crippen LogP) is 1.66. The van der Waals surface area contributed by atoms with E-state index in [0.29, 0.717) is 0 Å². The third kappa shape index (κ3) is 2.17. The third-order valence-electron chi connectivity index (χ3n) is 3.30. The van der Waals surface area contributed by atoms with E-state index < -0.39 is 5.60 Å². The normalized spacial score (nSPS) is 27.2. The molecule has 1 fully saturated rings. The van der Waals surface area contributed by atoms with E-state index in [9.17, 15) is 0 Å². The van der Waals surface area contributed by atoms with Crippen LogP contribution < -0.4 is 5.46 Å². The van der Waals surface area contributed by atoms with E-state index in [0.717, 1.165) is 5.46 Å². The highest BCUT2D eigenvalue weighted by molar-refractivity contribution is 6.62. The van der Waals surface area contributed by atoms with Gasteiger partial charge in [0.25, 0.3) is 0 Å². The van der Waals surface area contributed by atoms with Crippen LogP contribution in [0.4, 0.5) is 0 Å². The zero-order valence-corrected chi connectivity index (χ0v) is 11.1. The number of hydrogen-bond donors (Lipinski definition) is 1. The van der Waals surface area contributed by atoms with Gasteiger partial charge in [0.1, 0.15) is 0 Å². The van der Waals surface area contributed by atoms with E-state index in [-0.39, 0.29) is 12.7 Å². The maximum absolute atomic E-state index is 6.06. The summed E-state index contributed by atoms with van der Waals surface area (Å²) in [5.74, 6) is 0. The molecule has 2 rings (SSSR count). The van der Waals surface area contributed by atoms with Gasteiger partial charge in [-0.3, -0.25) is 5.10 Å². The predicted molar refractivity (Wildman–Crippen MR) is 68.1 cm³/mol. The Balaban J connectivity index is 2.29. The highest BCUT2D eigenvalue weighted by atomic mass is 16.7. The van der Waals surface area contributed by atoms with Gasteiger partial charge in [-0.1, -0.05) is 11.6 Å². The minimum absolute atomic E-state index is 0.357. The maximum atomic E-state index is 6.06. The van der Waals surface area contributed by atoms with Gasteiger partial charge in [-0.2, -0.15) is 5.10 Å². The molecule has 1 N–H and O–H groups in total. The largest absolute Gasteiger partial charge is 0.498 e. The van der Waals surface area contributed by atoms with Gasteiger partial charge in [0, 0.05) is 17.9 Å². The topological polar surface area (TPSA) is 47.1 Å². The molecule has 4 nitrogen and oxygen atoms in total. The minimum atomic E-state index is -0.423. The van der Waals surface area contributed by atoms with Gasteiger partial charge in [-0.15, -0.1) is 0 Å². The fourth-order valence-electron chi connectivity index (χ4n) is 2.06. The summed E-state index contributed by atoms with van der Waals surface area (Å²) in [6, 6.07) is 0. The van der Waals surface area contributed by atoms with E-state index in [1.165, 1.54) is 5.57 Å². The molecule has 1 aromatic rings. The molecule has 92 valence electrons. The second-order valence-electron chi connectivity index (χ2n) is 5.44. The van der Waals surface area contributed by atoms with Crippen molar-refractivity contribution in [3.63, 3.8) is 0 Å². The van der Waals surface area contributed by atoms with Crippen molar-refractivity contribution in [2.45, 2.75) is 45.8 Å². The summed E-state index contributed by atoms with van der Waals surface area (Å²) in [5.41, 5.74) is 1.35. The SMILES string of the molecule is CC(C)=CC1(C)OB(c2cn[nH]c2)OC1(C)C. The summed E-state index contributed by atoms with van der Waals surface area (Å²) >= 11 is 0. The molecule has 0 radical (unpaired) electrons. The van der Waals surface area contributed by atoms with Crippen molar-refractivity contribution < 1.29 is 9.31 Å². The number of nitrogens with one attached hydrogen (secondary N) is 1. The van der Waals surface area contributed by atoms with Crippen molar-refractivity contribution in [3.05, 3.63) is 24.0 Å². The first-order valence-corrected chi connectivity index (χ1v) is 5.84. The van der Waals surface area contributed by atoms with Crippen molar-refractivity contribution in [3.8, 4) is 0 Å². The molecule has 0 saturated carbocycles. The fourth-order valence-corrected chi connectivity index (χ4v) is 2.06. The molecule has 1 atom stereocenters. The highest BCUT2D eigenvalue weighted by Crippen LogP contribution is 2.38. The van der Waals surface area contributed by atoms with Gasteiger partial charge in [0.15, 0.2) is 0 Å². The van der Waals surface area contributed by atoms with Gasteiger partial charge in [0.2, 0.25) is 0 Å². The van der Waals surface area contributed by atoms with E-state index in [2.05, 4.69) is 37.0 Å². The Bertz CT molecular complexity index is 424. The average Bonchev–Trinajstić information content (AvgIpc) is 2.72. The first-order chi connectivity index (χ1) is 7.84. The summed E-state index contributed by atoms with van der Waals surface area (Å²) in [4.78, 5) is 0. The molecular weight excluding hydrogens is 215 g/mol. The number of allylic oxidation sites excluding steroid dienone is 1. The number of aromatic nitrogens is 2. The number of hydrogen-bond acceptors (Lipinski definition) is 3. The van der Waals surface area contributed by atoms with Crippen molar-refractivity contribution in [2.75, 3.05) is 0 Å². The van der Waals surface area contributed by atoms with Crippen molar-refractivity contribution in [1.29, 1.82) is 0 Å². The first-order valence-electron chi connectivity index (χ1n) is 5.84. The Morgan fingerprint density at radius 1 is 1.35 bits per heavy atom. The lowest BCUT2D eigenvalue weighted by atomic mass is 9.82. The Morgan fingerprint density at radius 2 is 2.06 bits per heavy atom. The smallest absolute Gasteiger partial charge is 0.399 e. The minimum Gasteiger partial charge on any atom is -0.399 e. The zero-order chi connectivity index (χ0) is 12.7. The van der Waals surface area contributed by atoms with E-state index in [1.807, 2.05) is 13.8 Å². The van der Waals surface area contributed by atoms with Crippen LogP contribution in [0.15, 0.2) is 24.0 Å². The van der Waals surface area contributed by atoms with Crippen LogP contribution in [0.3, 0.4) is 0 Å². The summed E-state index contributed by atoms with van der Waals surface area (Å²) in [7, 11) is -0.357. The van der Waals surface area contributed by atoms with Crippen LogP contribution in [0.25, 0.3) is 0 Å². The summed E-state index contributed by atoms with van der Waals surface area (Å²) in [6.07, 6.45) is 5.65. The van der Waals surface area contributed by atoms with Crippen LogP contribution in [0.5, 0.6) is 0 Å². The molecule has 1 aliphatic heterocycles. The zero-order valence-electron chi connectivity index (χ0n) is 11.1. The standard InChI is InChI=1S/C12H19BN2O2/c1-9(2)6-12(5)11(3,4)16-13(17-12)10-7-14-15-8-10/h6-8H,1-5H3,(H,14,15). The van der Waals surface area contributed by atoms with Crippen LogP contribution >= 0.6 is 0 Å². The van der Waals surface area contributed by atoms with Gasteiger partial charge in [0.05, 0.1) is 11.2 Å². The van der Waals surface area contributed by atoms with E-state index >= 15 is 0 Å². The molecule has 17 heavy (non-hydrogen) atoms. The van der Waals surface area contributed by atoms with Crippen molar-refractivity contribution >= 4 is 12.6 Å². The van der Waals surface area contributed by atoms with Gasteiger partial charge >= 0.3 is 7.12 Å². The Labute approximate surface area is 103 Å². The van der Waals surface area contributed by atoms with Crippen LogP contribution in [0.2, 0.25) is 0 Å². The molecule has 1 saturated heterocycles. The van der Waals surface area contributed by atoms with Crippen LogP contribution in [0, 0.1) is 0 Å². The molecule has 5 heteroatoms. The lowest BCUT2D eigenvalue weighted by Gasteiger charge is -2.34. The Morgan fingerprint density at radius 3 is 2.59 bits per heavy atom. The first kappa shape index (κ1) is 12.4. The lowest BCUT2D eigenvalue weighted by molar-refractivity contribution is 0.0279. The molecule has 0 spiro atoms. The molecule has 0 aromatic carbocycles. The number of nitrogens with zero attached hydrogens (tertiary/aromatic N) is 1. The lowest BCUT2D eigenvalue weighted by Crippen LogP contribution is -2.43. The quantitative estimate of drug-likeness (QED) is 0.625. The Hall–Kier alpha value is -1.07. The molecule has 1 aromatic heterocycles. The summed E-state index contributed by atoms with van der Waals surface area (Å²) in [5, 5.41) is 6.70. The van der Waals surface area contributed by atoms with Crippen LogP contribution in [-0.4, -0.2) is 28.5 Å². The Kier molecular flexibility index (Phi) is 2.91. The molecule has 0 bridgehead atoms. The van der Waals surface area contributed by atoms with Crippen LogP contribution in [0.1, 0.15) is 34.6 Å². The molecule has 1 aliphatic rings. The van der Waals surface area contributed by atoms with Gasteiger partial charge < -0.3 is 9.31 Å². The number of aromatic amines is 1. The third-order valence-corrected chi connectivity index (χ3v) is 3.30.